The first-order chi connectivity index (χ1) is 8.38. The van der Waals surface area contributed by atoms with Gasteiger partial charge in [0.1, 0.15) is 5.75 Å². The summed E-state index contributed by atoms with van der Waals surface area (Å²) in [6.07, 6.45) is -4.26. The van der Waals surface area contributed by atoms with Crippen LogP contribution in [0.25, 0.3) is 0 Å². The first-order valence-electron chi connectivity index (χ1n) is 5.19. The Labute approximate surface area is 103 Å². The first-order valence-corrected chi connectivity index (χ1v) is 5.19. The molecular weight excluding hydrogens is 249 g/mol. The lowest BCUT2D eigenvalue weighted by molar-refractivity contribution is -0.140. The van der Waals surface area contributed by atoms with Gasteiger partial charge in [0.05, 0.1) is 19.8 Å². The van der Waals surface area contributed by atoms with Gasteiger partial charge in [0, 0.05) is 6.42 Å². The van der Waals surface area contributed by atoms with Gasteiger partial charge in [-0.3, -0.25) is 4.79 Å². The number of alkyl halides is 3. The number of carbonyl (C=O) groups excluding carboxylic acids is 1. The van der Waals surface area contributed by atoms with Gasteiger partial charge < -0.3 is 9.47 Å². The number of esters is 1. The van der Waals surface area contributed by atoms with Crippen LogP contribution < -0.4 is 4.74 Å². The topological polar surface area (TPSA) is 35.5 Å². The van der Waals surface area contributed by atoms with Gasteiger partial charge in [-0.25, -0.2) is 0 Å². The second-order valence-electron chi connectivity index (χ2n) is 3.60. The maximum absolute atomic E-state index is 12.5. The molecule has 0 unspecified atom stereocenters. The van der Waals surface area contributed by atoms with Gasteiger partial charge in [0.25, 0.3) is 0 Å². The average Bonchev–Trinajstić information content (AvgIpc) is 2.34. The molecule has 0 saturated carbocycles. The van der Waals surface area contributed by atoms with Gasteiger partial charge in [-0.1, -0.05) is 0 Å². The summed E-state index contributed by atoms with van der Waals surface area (Å²) in [5.74, 6) is -0.152. The van der Waals surface area contributed by atoms with Gasteiger partial charge in [0.2, 0.25) is 0 Å². The predicted octanol–water partition coefficient (Wildman–Crippen LogP) is 2.82. The van der Waals surface area contributed by atoms with Crippen LogP contribution in [0.15, 0.2) is 18.2 Å². The number of rotatable bonds is 4. The second-order valence-corrected chi connectivity index (χ2v) is 3.60. The quantitative estimate of drug-likeness (QED) is 0.783. The zero-order chi connectivity index (χ0) is 13.8. The summed E-state index contributed by atoms with van der Waals surface area (Å²) in [6, 6.07) is 3.18. The molecule has 0 radical (unpaired) electrons. The van der Waals surface area contributed by atoms with E-state index >= 15 is 0 Å². The van der Waals surface area contributed by atoms with E-state index in [1.165, 1.54) is 20.3 Å². The lowest BCUT2D eigenvalue weighted by Crippen LogP contribution is -2.08. The zero-order valence-corrected chi connectivity index (χ0v) is 10.0. The summed E-state index contributed by atoms with van der Waals surface area (Å²) in [7, 11) is 2.59. The van der Waals surface area contributed by atoms with E-state index in [1.54, 1.807) is 0 Å². The monoisotopic (exact) mass is 262 g/mol. The van der Waals surface area contributed by atoms with Crippen LogP contribution in [0.4, 0.5) is 13.2 Å². The Balaban J connectivity index is 2.96. The molecule has 0 spiro atoms. The molecule has 18 heavy (non-hydrogen) atoms. The Morgan fingerprint density at radius 1 is 1.28 bits per heavy atom. The fourth-order valence-electron chi connectivity index (χ4n) is 1.49. The number of hydrogen-bond acceptors (Lipinski definition) is 3. The van der Waals surface area contributed by atoms with Crippen molar-refractivity contribution in [1.82, 2.24) is 0 Å². The molecule has 1 aromatic carbocycles. The average molecular weight is 262 g/mol. The largest absolute Gasteiger partial charge is 0.496 e. The molecule has 0 saturated heterocycles. The third kappa shape index (κ3) is 3.65. The van der Waals surface area contributed by atoms with E-state index in [0.717, 1.165) is 12.1 Å². The van der Waals surface area contributed by atoms with Gasteiger partial charge in [0.15, 0.2) is 0 Å². The third-order valence-electron chi connectivity index (χ3n) is 2.43. The minimum Gasteiger partial charge on any atom is -0.496 e. The van der Waals surface area contributed by atoms with E-state index in [-0.39, 0.29) is 12.8 Å². The summed E-state index contributed by atoms with van der Waals surface area (Å²) >= 11 is 0. The molecular formula is C12H13F3O3. The smallest absolute Gasteiger partial charge is 0.416 e. The molecule has 0 aliphatic carbocycles. The number of methoxy groups -OCH3 is 2. The second kappa shape index (κ2) is 5.75. The summed E-state index contributed by atoms with van der Waals surface area (Å²) in [4.78, 5) is 11.0. The maximum Gasteiger partial charge on any atom is 0.416 e. The van der Waals surface area contributed by atoms with Crippen molar-refractivity contribution in [1.29, 1.82) is 0 Å². The number of halogens is 3. The molecule has 1 rings (SSSR count). The fraction of sp³-hybridized carbons (Fsp3) is 0.417. The molecule has 0 amide bonds. The molecule has 3 nitrogen and oxygen atoms in total. The molecule has 0 atom stereocenters. The van der Waals surface area contributed by atoms with E-state index in [2.05, 4.69) is 4.74 Å². The van der Waals surface area contributed by atoms with Crippen molar-refractivity contribution in [3.05, 3.63) is 29.3 Å². The normalized spacial score (nSPS) is 11.2. The Bertz CT molecular complexity index is 427. The van der Waals surface area contributed by atoms with Crippen molar-refractivity contribution in [3.63, 3.8) is 0 Å². The number of hydrogen-bond donors (Lipinski definition) is 0. The Morgan fingerprint density at radius 3 is 2.44 bits per heavy atom. The Hall–Kier alpha value is -1.72. The lowest BCUT2D eigenvalue weighted by Gasteiger charge is -2.12. The number of ether oxygens (including phenoxy) is 2. The summed E-state index contributed by atoms with van der Waals surface area (Å²) in [5.41, 5.74) is -0.430. The summed E-state index contributed by atoms with van der Waals surface area (Å²) in [5, 5.41) is 0. The molecule has 0 aromatic heterocycles. The van der Waals surface area contributed by atoms with Crippen LogP contribution in [0, 0.1) is 0 Å². The Kier molecular flexibility index (Phi) is 4.58. The zero-order valence-electron chi connectivity index (χ0n) is 10.0. The van der Waals surface area contributed by atoms with E-state index in [4.69, 9.17) is 4.74 Å². The highest BCUT2D eigenvalue weighted by atomic mass is 19.4. The van der Waals surface area contributed by atoms with Crippen molar-refractivity contribution in [2.45, 2.75) is 19.0 Å². The molecule has 6 heteroatoms. The van der Waals surface area contributed by atoms with E-state index in [9.17, 15) is 18.0 Å². The molecule has 0 N–H and O–H groups in total. The fourth-order valence-corrected chi connectivity index (χ4v) is 1.49. The third-order valence-corrected chi connectivity index (χ3v) is 2.43. The van der Waals surface area contributed by atoms with Crippen LogP contribution in [-0.4, -0.2) is 20.2 Å². The Morgan fingerprint density at radius 2 is 1.94 bits per heavy atom. The van der Waals surface area contributed by atoms with Crippen LogP contribution in [0.1, 0.15) is 17.5 Å². The van der Waals surface area contributed by atoms with Crippen LogP contribution in [0.2, 0.25) is 0 Å². The van der Waals surface area contributed by atoms with E-state index in [0.29, 0.717) is 11.3 Å². The van der Waals surface area contributed by atoms with Gasteiger partial charge in [-0.05, 0) is 30.2 Å². The van der Waals surface area contributed by atoms with Gasteiger partial charge in [-0.2, -0.15) is 13.2 Å². The van der Waals surface area contributed by atoms with Crippen LogP contribution >= 0.6 is 0 Å². The summed E-state index contributed by atoms with van der Waals surface area (Å²) in [6.45, 7) is 0. The molecule has 1 aromatic rings. The van der Waals surface area contributed by atoms with Crippen LogP contribution in [0.5, 0.6) is 5.75 Å². The van der Waals surface area contributed by atoms with E-state index in [1.807, 2.05) is 0 Å². The minimum atomic E-state index is -4.41. The molecule has 0 aliphatic heterocycles. The highest BCUT2D eigenvalue weighted by Crippen LogP contribution is 2.32. The first kappa shape index (κ1) is 14.3. The van der Waals surface area contributed by atoms with Crippen molar-refractivity contribution < 1.29 is 27.4 Å². The van der Waals surface area contributed by atoms with E-state index < -0.39 is 17.7 Å². The van der Waals surface area contributed by atoms with Crippen molar-refractivity contribution in [2.75, 3.05) is 14.2 Å². The molecule has 0 bridgehead atoms. The highest BCUT2D eigenvalue weighted by molar-refractivity contribution is 5.69. The van der Waals surface area contributed by atoms with Crippen LogP contribution in [-0.2, 0) is 22.1 Å². The molecule has 0 heterocycles. The standard InChI is InChI=1S/C12H13F3O3/c1-17-10-5-4-9(12(13,14)15)7-8(10)3-6-11(16)18-2/h4-5,7H,3,6H2,1-2H3. The summed E-state index contributed by atoms with van der Waals surface area (Å²) < 4.78 is 47.0. The van der Waals surface area contributed by atoms with Gasteiger partial charge in [-0.15, -0.1) is 0 Å². The molecule has 100 valence electrons. The maximum atomic E-state index is 12.5. The number of benzene rings is 1. The van der Waals surface area contributed by atoms with Crippen molar-refractivity contribution >= 4 is 5.97 Å². The molecule has 0 fully saturated rings. The van der Waals surface area contributed by atoms with Crippen molar-refractivity contribution in [3.8, 4) is 5.75 Å². The van der Waals surface area contributed by atoms with Crippen LogP contribution in [0.3, 0.4) is 0 Å². The number of aryl methyl sites for hydroxylation is 1. The molecule has 0 aliphatic rings. The highest BCUT2D eigenvalue weighted by Gasteiger charge is 2.31. The van der Waals surface area contributed by atoms with Gasteiger partial charge >= 0.3 is 12.1 Å². The minimum absolute atomic E-state index is 0.00811. The predicted molar refractivity (Wildman–Crippen MR) is 58.3 cm³/mol. The SMILES string of the molecule is COC(=O)CCc1cc(C(F)(F)F)ccc1OC. The number of carbonyl (C=O) groups is 1. The van der Waals surface area contributed by atoms with Crippen molar-refractivity contribution in [2.24, 2.45) is 0 Å². The lowest BCUT2D eigenvalue weighted by atomic mass is 10.0.